The SMILES string of the molecule is CC(=O)c1ccc(N=Nc2c(C(=O)O)nc3ccc(C)cn23)cc1. The number of hydrogen-bond donors (Lipinski definition) is 1. The van der Waals surface area contributed by atoms with E-state index in [1.807, 2.05) is 13.0 Å². The Balaban J connectivity index is 2.04. The van der Waals surface area contributed by atoms with Crippen LogP contribution in [0.5, 0.6) is 0 Å². The van der Waals surface area contributed by atoms with Crippen LogP contribution in [0.2, 0.25) is 0 Å². The van der Waals surface area contributed by atoms with Crippen LogP contribution >= 0.6 is 0 Å². The summed E-state index contributed by atoms with van der Waals surface area (Å²) in [5, 5.41) is 17.4. The molecule has 1 aromatic carbocycles. The third-order valence-electron chi connectivity index (χ3n) is 3.48. The van der Waals surface area contributed by atoms with Gasteiger partial charge in [-0.1, -0.05) is 6.07 Å². The number of carbonyl (C=O) groups excluding carboxylic acids is 1. The van der Waals surface area contributed by atoms with Gasteiger partial charge in [0.05, 0.1) is 5.69 Å². The van der Waals surface area contributed by atoms with E-state index >= 15 is 0 Å². The third kappa shape index (κ3) is 2.91. The van der Waals surface area contributed by atoms with Crippen molar-refractivity contribution in [2.24, 2.45) is 10.2 Å². The number of aromatic nitrogens is 2. The normalized spacial score (nSPS) is 11.2. The van der Waals surface area contributed by atoms with Crippen LogP contribution in [0.1, 0.15) is 33.3 Å². The van der Waals surface area contributed by atoms with Gasteiger partial charge >= 0.3 is 5.97 Å². The monoisotopic (exact) mass is 322 g/mol. The zero-order valence-corrected chi connectivity index (χ0v) is 13.1. The fourth-order valence-electron chi connectivity index (χ4n) is 2.25. The van der Waals surface area contributed by atoms with Crippen LogP contribution in [0.25, 0.3) is 5.65 Å². The second kappa shape index (κ2) is 6.04. The van der Waals surface area contributed by atoms with Crippen LogP contribution in [0, 0.1) is 6.92 Å². The minimum Gasteiger partial charge on any atom is -0.476 e. The highest BCUT2D eigenvalue weighted by Gasteiger charge is 2.18. The van der Waals surface area contributed by atoms with Gasteiger partial charge in [-0.2, -0.15) is 0 Å². The van der Waals surface area contributed by atoms with Crippen molar-refractivity contribution in [3.8, 4) is 0 Å². The number of fused-ring (bicyclic) bond motifs is 1. The Morgan fingerprint density at radius 3 is 2.42 bits per heavy atom. The number of imidazole rings is 1. The number of azo groups is 1. The Hall–Kier alpha value is -3.35. The second-order valence-corrected chi connectivity index (χ2v) is 5.33. The lowest BCUT2D eigenvalue weighted by molar-refractivity contribution is 0.0692. The molecule has 1 N–H and O–H groups in total. The molecule has 0 aliphatic carbocycles. The number of benzene rings is 1. The fourth-order valence-corrected chi connectivity index (χ4v) is 2.25. The van der Waals surface area contributed by atoms with E-state index in [1.54, 1.807) is 40.9 Å². The molecule has 0 unspecified atom stereocenters. The van der Waals surface area contributed by atoms with Gasteiger partial charge in [0, 0.05) is 11.8 Å². The highest BCUT2D eigenvalue weighted by molar-refractivity contribution is 5.94. The minimum atomic E-state index is -1.17. The molecular weight excluding hydrogens is 308 g/mol. The molecule has 120 valence electrons. The van der Waals surface area contributed by atoms with Gasteiger partial charge in [-0.25, -0.2) is 9.78 Å². The summed E-state index contributed by atoms with van der Waals surface area (Å²) in [5.41, 5.74) is 2.35. The topological polar surface area (TPSA) is 96.4 Å². The number of rotatable bonds is 4. The molecule has 0 radical (unpaired) electrons. The van der Waals surface area contributed by atoms with Gasteiger partial charge in [-0.15, -0.1) is 10.2 Å². The highest BCUT2D eigenvalue weighted by atomic mass is 16.4. The van der Waals surface area contributed by atoms with Crippen LogP contribution < -0.4 is 0 Å². The van der Waals surface area contributed by atoms with E-state index in [9.17, 15) is 14.7 Å². The van der Waals surface area contributed by atoms with Gasteiger partial charge in [0.1, 0.15) is 5.65 Å². The number of carboxylic acid groups (broad SMARTS) is 1. The van der Waals surface area contributed by atoms with Crippen molar-refractivity contribution in [2.75, 3.05) is 0 Å². The Morgan fingerprint density at radius 1 is 1.08 bits per heavy atom. The molecule has 3 rings (SSSR count). The molecule has 3 aromatic rings. The average molecular weight is 322 g/mol. The molecule has 0 amide bonds. The third-order valence-corrected chi connectivity index (χ3v) is 3.48. The van der Waals surface area contributed by atoms with Gasteiger partial charge in [0.2, 0.25) is 0 Å². The number of carboxylic acids is 1. The van der Waals surface area contributed by atoms with Crippen molar-refractivity contribution in [1.29, 1.82) is 0 Å². The summed E-state index contributed by atoms with van der Waals surface area (Å²) in [5.74, 6) is -1.06. The largest absolute Gasteiger partial charge is 0.476 e. The van der Waals surface area contributed by atoms with Crippen LogP contribution in [-0.4, -0.2) is 26.2 Å². The maximum Gasteiger partial charge on any atom is 0.358 e. The number of ketones is 1. The predicted octanol–water partition coefficient (Wildman–Crippen LogP) is 3.96. The molecule has 0 aliphatic rings. The zero-order chi connectivity index (χ0) is 17.3. The summed E-state index contributed by atoms with van der Waals surface area (Å²) in [6.45, 7) is 3.37. The molecule has 2 heterocycles. The second-order valence-electron chi connectivity index (χ2n) is 5.33. The summed E-state index contributed by atoms with van der Waals surface area (Å²) >= 11 is 0. The first-order chi connectivity index (χ1) is 11.5. The molecular formula is C17H14N4O3. The van der Waals surface area contributed by atoms with Crippen molar-refractivity contribution in [3.63, 3.8) is 0 Å². The van der Waals surface area contributed by atoms with Gasteiger partial charge in [-0.3, -0.25) is 9.20 Å². The van der Waals surface area contributed by atoms with Crippen LogP contribution in [0.3, 0.4) is 0 Å². The molecule has 0 fully saturated rings. The molecule has 0 saturated heterocycles. The lowest BCUT2D eigenvalue weighted by atomic mass is 10.1. The zero-order valence-electron chi connectivity index (χ0n) is 13.1. The molecule has 0 bridgehead atoms. The molecule has 0 spiro atoms. The first kappa shape index (κ1) is 15.5. The predicted molar refractivity (Wildman–Crippen MR) is 87.5 cm³/mol. The summed E-state index contributed by atoms with van der Waals surface area (Å²) in [7, 11) is 0. The number of pyridine rings is 1. The number of carbonyl (C=O) groups is 2. The standard InChI is InChI=1S/C17H14N4O3/c1-10-3-8-14-18-15(17(23)24)16(21(14)9-10)20-19-13-6-4-12(5-7-13)11(2)22/h3-9H,1-2H3,(H,23,24). The number of aryl methyl sites for hydroxylation is 1. The molecule has 7 heteroatoms. The minimum absolute atomic E-state index is 0.0380. The van der Waals surface area contributed by atoms with E-state index in [4.69, 9.17) is 0 Å². The lowest BCUT2D eigenvalue weighted by Gasteiger charge is -1.99. The first-order valence-electron chi connectivity index (χ1n) is 7.20. The molecule has 0 saturated carbocycles. The van der Waals surface area contributed by atoms with Crippen LogP contribution in [-0.2, 0) is 0 Å². The van der Waals surface area contributed by atoms with Crippen LogP contribution in [0.4, 0.5) is 11.5 Å². The average Bonchev–Trinajstić information content (AvgIpc) is 2.91. The van der Waals surface area contributed by atoms with E-state index < -0.39 is 5.97 Å². The summed E-state index contributed by atoms with van der Waals surface area (Å²) in [6.07, 6.45) is 1.75. The molecule has 0 aliphatic heterocycles. The molecule has 2 aromatic heterocycles. The van der Waals surface area contributed by atoms with Gasteiger partial charge < -0.3 is 5.11 Å². The molecule has 7 nitrogen and oxygen atoms in total. The fraction of sp³-hybridized carbons (Fsp3) is 0.118. The number of aromatic carboxylic acids is 1. The van der Waals surface area contributed by atoms with Crippen molar-refractivity contribution in [1.82, 2.24) is 9.38 Å². The maximum atomic E-state index is 11.4. The Labute approximate surface area is 137 Å². The quantitative estimate of drug-likeness (QED) is 0.581. The first-order valence-corrected chi connectivity index (χ1v) is 7.20. The van der Waals surface area contributed by atoms with E-state index in [-0.39, 0.29) is 17.3 Å². The molecule has 24 heavy (non-hydrogen) atoms. The van der Waals surface area contributed by atoms with Crippen molar-refractivity contribution >= 4 is 28.9 Å². The smallest absolute Gasteiger partial charge is 0.358 e. The van der Waals surface area contributed by atoms with E-state index in [0.717, 1.165) is 5.56 Å². The lowest BCUT2D eigenvalue weighted by Crippen LogP contribution is -1.96. The van der Waals surface area contributed by atoms with Crippen molar-refractivity contribution in [2.45, 2.75) is 13.8 Å². The van der Waals surface area contributed by atoms with E-state index in [1.165, 1.54) is 6.92 Å². The highest BCUT2D eigenvalue weighted by Crippen LogP contribution is 2.25. The Kier molecular flexibility index (Phi) is 3.91. The number of Topliss-reactive ketones (excluding diaryl/α,β-unsaturated/α-hetero) is 1. The summed E-state index contributed by atoms with van der Waals surface area (Å²) in [4.78, 5) is 26.7. The van der Waals surface area contributed by atoms with E-state index in [2.05, 4.69) is 15.2 Å². The number of hydrogen-bond acceptors (Lipinski definition) is 5. The summed E-state index contributed by atoms with van der Waals surface area (Å²) < 4.78 is 1.59. The summed E-state index contributed by atoms with van der Waals surface area (Å²) in [6, 6.07) is 10.2. The Morgan fingerprint density at radius 2 is 1.79 bits per heavy atom. The number of nitrogens with zero attached hydrogens (tertiary/aromatic N) is 4. The van der Waals surface area contributed by atoms with Crippen molar-refractivity contribution in [3.05, 3.63) is 59.4 Å². The van der Waals surface area contributed by atoms with E-state index in [0.29, 0.717) is 16.9 Å². The van der Waals surface area contributed by atoms with Crippen molar-refractivity contribution < 1.29 is 14.7 Å². The maximum absolute atomic E-state index is 11.4. The Bertz CT molecular complexity index is 971. The van der Waals surface area contributed by atoms with Gasteiger partial charge in [0.15, 0.2) is 17.3 Å². The van der Waals surface area contributed by atoms with Gasteiger partial charge in [0.25, 0.3) is 0 Å². The van der Waals surface area contributed by atoms with Gasteiger partial charge in [-0.05, 0) is 49.7 Å². The molecule has 0 atom stereocenters. The van der Waals surface area contributed by atoms with Crippen LogP contribution in [0.15, 0.2) is 52.8 Å².